The minimum Gasteiger partial charge on any atom is -0.394 e. The standard InChI is InChI=1S/C14H20FNO3/c15-12-3-1-2-11(8-12)14(18)4-5-16-6-7-19-13(9-16)10-17/h1-3,8,13-14,17-18H,4-7,9-10H2. The van der Waals surface area contributed by atoms with Gasteiger partial charge in [-0.25, -0.2) is 4.39 Å². The molecule has 0 radical (unpaired) electrons. The summed E-state index contributed by atoms with van der Waals surface area (Å²) in [6.07, 6.45) is -0.257. The third kappa shape index (κ3) is 4.24. The first-order valence-corrected chi connectivity index (χ1v) is 6.57. The summed E-state index contributed by atoms with van der Waals surface area (Å²) in [5.41, 5.74) is 0.604. The maximum atomic E-state index is 13.1. The Morgan fingerprint density at radius 1 is 1.47 bits per heavy atom. The first kappa shape index (κ1) is 14.4. The van der Waals surface area contributed by atoms with Gasteiger partial charge in [0.2, 0.25) is 0 Å². The number of hydrogen-bond donors (Lipinski definition) is 2. The molecule has 1 aromatic rings. The van der Waals surface area contributed by atoms with Crippen LogP contribution in [0.5, 0.6) is 0 Å². The molecule has 5 heteroatoms. The molecule has 2 atom stereocenters. The molecule has 0 amide bonds. The molecule has 1 heterocycles. The molecule has 0 saturated carbocycles. The predicted molar refractivity (Wildman–Crippen MR) is 69.2 cm³/mol. The topological polar surface area (TPSA) is 52.9 Å². The van der Waals surface area contributed by atoms with Crippen LogP contribution in [0.3, 0.4) is 0 Å². The molecule has 2 N–H and O–H groups in total. The van der Waals surface area contributed by atoms with Gasteiger partial charge in [-0.2, -0.15) is 0 Å². The lowest BCUT2D eigenvalue weighted by atomic mass is 10.1. The largest absolute Gasteiger partial charge is 0.394 e. The van der Waals surface area contributed by atoms with Crippen molar-refractivity contribution >= 4 is 0 Å². The van der Waals surface area contributed by atoms with Gasteiger partial charge in [-0.05, 0) is 24.1 Å². The number of aliphatic hydroxyl groups is 2. The van der Waals surface area contributed by atoms with Gasteiger partial charge in [0.05, 0.1) is 25.4 Å². The quantitative estimate of drug-likeness (QED) is 0.835. The Kier molecular flexibility index (Phi) is 5.27. The van der Waals surface area contributed by atoms with Crippen molar-refractivity contribution in [1.82, 2.24) is 4.90 Å². The molecule has 106 valence electrons. The van der Waals surface area contributed by atoms with E-state index >= 15 is 0 Å². The van der Waals surface area contributed by atoms with E-state index in [9.17, 15) is 9.50 Å². The lowest BCUT2D eigenvalue weighted by Crippen LogP contribution is -2.44. The average molecular weight is 269 g/mol. The summed E-state index contributed by atoms with van der Waals surface area (Å²) in [6.45, 7) is 2.79. The van der Waals surface area contributed by atoms with Crippen LogP contribution in [0.25, 0.3) is 0 Å². The number of rotatable bonds is 5. The Hall–Kier alpha value is -1.01. The monoisotopic (exact) mass is 269 g/mol. The van der Waals surface area contributed by atoms with Crippen molar-refractivity contribution in [2.45, 2.75) is 18.6 Å². The van der Waals surface area contributed by atoms with Gasteiger partial charge >= 0.3 is 0 Å². The van der Waals surface area contributed by atoms with Crippen LogP contribution < -0.4 is 0 Å². The molecular weight excluding hydrogens is 249 g/mol. The SMILES string of the molecule is OCC1CN(CCC(O)c2cccc(F)c2)CCO1. The van der Waals surface area contributed by atoms with Crippen LogP contribution in [-0.2, 0) is 4.74 Å². The van der Waals surface area contributed by atoms with E-state index in [4.69, 9.17) is 9.84 Å². The number of nitrogens with zero attached hydrogens (tertiary/aromatic N) is 1. The Morgan fingerprint density at radius 3 is 3.05 bits per heavy atom. The van der Waals surface area contributed by atoms with Gasteiger partial charge in [0.1, 0.15) is 5.82 Å². The molecule has 0 spiro atoms. The zero-order valence-corrected chi connectivity index (χ0v) is 10.8. The minimum absolute atomic E-state index is 0.0168. The average Bonchev–Trinajstić information content (AvgIpc) is 2.45. The van der Waals surface area contributed by atoms with Crippen LogP contribution in [0, 0.1) is 5.82 Å². The fourth-order valence-corrected chi connectivity index (χ4v) is 2.28. The van der Waals surface area contributed by atoms with Gasteiger partial charge in [0.25, 0.3) is 0 Å². The third-order valence-electron chi connectivity index (χ3n) is 3.38. The van der Waals surface area contributed by atoms with Crippen molar-refractivity contribution in [1.29, 1.82) is 0 Å². The molecule has 2 unspecified atom stereocenters. The van der Waals surface area contributed by atoms with Crippen molar-refractivity contribution in [2.24, 2.45) is 0 Å². The predicted octanol–water partition coefficient (Wildman–Crippen LogP) is 0.942. The van der Waals surface area contributed by atoms with E-state index in [2.05, 4.69) is 4.90 Å². The number of morpholine rings is 1. The van der Waals surface area contributed by atoms with Crippen LogP contribution in [0.15, 0.2) is 24.3 Å². The van der Waals surface area contributed by atoms with E-state index < -0.39 is 6.10 Å². The molecular formula is C14H20FNO3. The van der Waals surface area contributed by atoms with E-state index in [0.717, 1.165) is 6.54 Å². The molecule has 19 heavy (non-hydrogen) atoms. The van der Waals surface area contributed by atoms with Crippen molar-refractivity contribution in [3.05, 3.63) is 35.6 Å². The second-order valence-corrected chi connectivity index (χ2v) is 4.84. The third-order valence-corrected chi connectivity index (χ3v) is 3.38. The van der Waals surface area contributed by atoms with Gasteiger partial charge < -0.3 is 14.9 Å². The van der Waals surface area contributed by atoms with Crippen LogP contribution >= 0.6 is 0 Å². The van der Waals surface area contributed by atoms with Crippen LogP contribution in [0.4, 0.5) is 4.39 Å². The van der Waals surface area contributed by atoms with Crippen molar-refractivity contribution in [3.63, 3.8) is 0 Å². The second-order valence-electron chi connectivity index (χ2n) is 4.84. The first-order valence-electron chi connectivity index (χ1n) is 6.57. The zero-order chi connectivity index (χ0) is 13.7. The maximum Gasteiger partial charge on any atom is 0.123 e. The summed E-state index contributed by atoms with van der Waals surface area (Å²) >= 11 is 0. The fourth-order valence-electron chi connectivity index (χ4n) is 2.28. The smallest absolute Gasteiger partial charge is 0.123 e. The summed E-state index contributed by atoms with van der Waals surface area (Å²) in [7, 11) is 0. The van der Waals surface area contributed by atoms with Gasteiger partial charge in [-0.3, -0.25) is 4.90 Å². The van der Waals surface area contributed by atoms with Crippen molar-refractivity contribution in [2.75, 3.05) is 32.8 Å². The van der Waals surface area contributed by atoms with Gasteiger partial charge in [0, 0.05) is 19.6 Å². The highest BCUT2D eigenvalue weighted by atomic mass is 19.1. The highest BCUT2D eigenvalue weighted by molar-refractivity contribution is 5.18. The number of ether oxygens (including phenoxy) is 1. The van der Waals surface area contributed by atoms with Gasteiger partial charge in [-0.15, -0.1) is 0 Å². The van der Waals surface area contributed by atoms with Crippen molar-refractivity contribution < 1.29 is 19.3 Å². The molecule has 0 aromatic heterocycles. The highest BCUT2D eigenvalue weighted by Gasteiger charge is 2.20. The lowest BCUT2D eigenvalue weighted by Gasteiger charge is -2.32. The lowest BCUT2D eigenvalue weighted by molar-refractivity contribution is -0.0551. The first-order chi connectivity index (χ1) is 9.19. The number of aliphatic hydroxyl groups excluding tert-OH is 2. The van der Waals surface area contributed by atoms with E-state index in [-0.39, 0.29) is 18.5 Å². The van der Waals surface area contributed by atoms with Gasteiger partial charge in [0.15, 0.2) is 0 Å². The fraction of sp³-hybridized carbons (Fsp3) is 0.571. The molecule has 1 aliphatic rings. The summed E-state index contributed by atoms with van der Waals surface area (Å²) in [5, 5.41) is 19.1. The molecule has 0 aliphatic carbocycles. The summed E-state index contributed by atoms with van der Waals surface area (Å²) < 4.78 is 18.4. The molecule has 0 bridgehead atoms. The number of benzene rings is 1. The molecule has 1 fully saturated rings. The minimum atomic E-state index is -0.661. The highest BCUT2D eigenvalue weighted by Crippen LogP contribution is 2.18. The maximum absolute atomic E-state index is 13.1. The van der Waals surface area contributed by atoms with Crippen molar-refractivity contribution in [3.8, 4) is 0 Å². The van der Waals surface area contributed by atoms with Gasteiger partial charge in [-0.1, -0.05) is 12.1 Å². The summed E-state index contributed by atoms with van der Waals surface area (Å²) in [6, 6.07) is 6.05. The molecule has 1 aromatic carbocycles. The molecule has 1 aliphatic heterocycles. The molecule has 4 nitrogen and oxygen atoms in total. The Balaban J connectivity index is 1.81. The van der Waals surface area contributed by atoms with E-state index in [1.807, 2.05) is 0 Å². The Morgan fingerprint density at radius 2 is 2.32 bits per heavy atom. The van der Waals surface area contributed by atoms with E-state index in [0.29, 0.717) is 31.7 Å². The van der Waals surface area contributed by atoms with E-state index in [1.54, 1.807) is 12.1 Å². The normalized spacial score (nSPS) is 22.4. The number of halogens is 1. The Bertz CT molecular complexity index is 402. The number of hydrogen-bond acceptors (Lipinski definition) is 4. The zero-order valence-electron chi connectivity index (χ0n) is 10.8. The van der Waals surface area contributed by atoms with Crippen LogP contribution in [0.2, 0.25) is 0 Å². The molecule has 1 saturated heterocycles. The van der Waals surface area contributed by atoms with Crippen LogP contribution in [0.1, 0.15) is 18.1 Å². The summed E-state index contributed by atoms with van der Waals surface area (Å²) in [5.74, 6) is -0.330. The second kappa shape index (κ2) is 6.96. The summed E-state index contributed by atoms with van der Waals surface area (Å²) in [4.78, 5) is 2.15. The van der Waals surface area contributed by atoms with Crippen LogP contribution in [-0.4, -0.2) is 54.1 Å². The Labute approximate surface area is 112 Å². The molecule has 2 rings (SSSR count). The van der Waals surface area contributed by atoms with E-state index in [1.165, 1.54) is 12.1 Å².